The van der Waals surface area contributed by atoms with Crippen LogP contribution in [0.3, 0.4) is 0 Å². The third kappa shape index (κ3) is 2.22. The molecule has 1 aliphatic heterocycles. The van der Waals surface area contributed by atoms with Gasteiger partial charge in [-0.15, -0.1) is 11.6 Å². The Hall–Kier alpha value is -1.75. The van der Waals surface area contributed by atoms with Gasteiger partial charge in [0.25, 0.3) is 5.56 Å². The molecule has 2 heterocycles. The summed E-state index contributed by atoms with van der Waals surface area (Å²) in [5, 5.41) is 5.75. The van der Waals surface area contributed by atoms with Crippen molar-refractivity contribution in [2.45, 2.75) is 19.9 Å². The Morgan fingerprint density at radius 1 is 1.25 bits per heavy atom. The van der Waals surface area contributed by atoms with E-state index in [4.69, 9.17) is 21.1 Å². The summed E-state index contributed by atoms with van der Waals surface area (Å²) in [6, 6.07) is 3.58. The number of hydrogen-bond donors (Lipinski definition) is 0. The second-order valence-corrected chi connectivity index (χ2v) is 5.08. The second-order valence-electron chi connectivity index (χ2n) is 4.70. The summed E-state index contributed by atoms with van der Waals surface area (Å²) in [6.45, 7) is 3.43. The summed E-state index contributed by atoms with van der Waals surface area (Å²) in [4.78, 5) is 12.4. The first-order valence-electron chi connectivity index (χ1n) is 6.58. The van der Waals surface area contributed by atoms with Gasteiger partial charge in [-0.05, 0) is 25.5 Å². The number of fused-ring (bicyclic) bond motifs is 2. The topological polar surface area (TPSA) is 53.4 Å². The fourth-order valence-electron chi connectivity index (χ4n) is 2.35. The molecule has 1 aromatic heterocycles. The average Bonchev–Trinajstić information content (AvgIpc) is 2.48. The van der Waals surface area contributed by atoms with Crippen LogP contribution in [0, 0.1) is 6.92 Å². The molecule has 1 aromatic carbocycles. The molecule has 20 heavy (non-hydrogen) atoms. The van der Waals surface area contributed by atoms with Crippen molar-refractivity contribution in [2.75, 3.05) is 19.1 Å². The van der Waals surface area contributed by atoms with E-state index < -0.39 is 0 Å². The van der Waals surface area contributed by atoms with Gasteiger partial charge < -0.3 is 9.47 Å². The first kappa shape index (κ1) is 13.2. The van der Waals surface area contributed by atoms with Crippen LogP contribution in [0.4, 0.5) is 0 Å². The van der Waals surface area contributed by atoms with E-state index in [1.807, 2.05) is 13.0 Å². The molecule has 0 bridgehead atoms. The molecule has 0 saturated heterocycles. The van der Waals surface area contributed by atoms with Crippen LogP contribution in [0.15, 0.2) is 16.9 Å². The summed E-state index contributed by atoms with van der Waals surface area (Å²) in [5.41, 5.74) is 0.679. The molecule has 0 atom stereocenters. The summed E-state index contributed by atoms with van der Waals surface area (Å²) in [7, 11) is 0. The molecule has 0 saturated carbocycles. The van der Waals surface area contributed by atoms with Gasteiger partial charge in [0.1, 0.15) is 13.2 Å². The smallest absolute Gasteiger partial charge is 0.274 e. The Morgan fingerprint density at radius 3 is 2.55 bits per heavy atom. The van der Waals surface area contributed by atoms with Gasteiger partial charge in [-0.2, -0.15) is 5.10 Å². The van der Waals surface area contributed by atoms with Crippen molar-refractivity contribution in [1.82, 2.24) is 9.78 Å². The monoisotopic (exact) mass is 294 g/mol. The van der Waals surface area contributed by atoms with Crippen LogP contribution >= 0.6 is 11.6 Å². The van der Waals surface area contributed by atoms with Gasteiger partial charge >= 0.3 is 0 Å². The van der Waals surface area contributed by atoms with Crippen molar-refractivity contribution in [1.29, 1.82) is 0 Å². The van der Waals surface area contributed by atoms with Crippen molar-refractivity contribution in [3.63, 3.8) is 0 Å². The van der Waals surface area contributed by atoms with E-state index in [1.165, 1.54) is 4.68 Å². The van der Waals surface area contributed by atoms with Crippen LogP contribution in [0.5, 0.6) is 11.5 Å². The number of nitrogens with zero attached hydrogens (tertiary/aromatic N) is 2. The largest absolute Gasteiger partial charge is 0.486 e. The summed E-state index contributed by atoms with van der Waals surface area (Å²) in [5.74, 6) is 1.80. The first-order valence-corrected chi connectivity index (χ1v) is 7.11. The minimum atomic E-state index is -0.118. The predicted octanol–water partition coefficient (Wildman–Crippen LogP) is 2.11. The lowest BCUT2D eigenvalue weighted by Gasteiger charge is -2.19. The number of ether oxygens (including phenoxy) is 2. The Bertz CT molecular complexity index is 712. The molecule has 0 radical (unpaired) electrons. The van der Waals surface area contributed by atoms with E-state index in [0.717, 1.165) is 11.1 Å². The molecule has 0 N–H and O–H groups in total. The molecule has 1 aliphatic rings. The number of aromatic nitrogens is 2. The van der Waals surface area contributed by atoms with Crippen molar-refractivity contribution >= 4 is 22.4 Å². The molecule has 3 rings (SSSR count). The zero-order valence-electron chi connectivity index (χ0n) is 11.2. The SMILES string of the molecule is Cc1nn(CCCCl)c(=O)c2cc3c(cc12)OCCO3. The molecular formula is C14H15ClN2O3. The maximum Gasteiger partial charge on any atom is 0.274 e. The standard InChI is InChI=1S/C14H15ClN2O3/c1-9-10-7-12-13(20-6-5-19-12)8-11(10)14(18)17(16-9)4-2-3-15/h7-8H,2-6H2,1H3. The highest BCUT2D eigenvalue weighted by atomic mass is 35.5. The molecule has 0 fully saturated rings. The molecule has 106 valence electrons. The number of halogens is 1. The van der Waals surface area contributed by atoms with E-state index in [2.05, 4.69) is 5.10 Å². The van der Waals surface area contributed by atoms with Gasteiger partial charge in [-0.1, -0.05) is 0 Å². The number of alkyl halides is 1. The Labute approximate surface area is 121 Å². The lowest BCUT2D eigenvalue weighted by molar-refractivity contribution is 0.172. The van der Waals surface area contributed by atoms with Gasteiger partial charge in [-0.25, -0.2) is 4.68 Å². The number of rotatable bonds is 3. The van der Waals surface area contributed by atoms with Crippen LogP contribution in [-0.2, 0) is 6.54 Å². The minimum absolute atomic E-state index is 0.118. The predicted molar refractivity (Wildman–Crippen MR) is 77.1 cm³/mol. The molecule has 6 heteroatoms. The highest BCUT2D eigenvalue weighted by Crippen LogP contribution is 2.34. The normalized spacial score (nSPS) is 13.7. The molecule has 0 amide bonds. The highest BCUT2D eigenvalue weighted by Gasteiger charge is 2.16. The summed E-state index contributed by atoms with van der Waals surface area (Å²) >= 11 is 5.68. The zero-order chi connectivity index (χ0) is 14.1. The van der Waals surface area contributed by atoms with Crippen molar-refractivity contribution < 1.29 is 9.47 Å². The van der Waals surface area contributed by atoms with Gasteiger partial charge in [0, 0.05) is 17.8 Å². The second kappa shape index (κ2) is 5.32. The van der Waals surface area contributed by atoms with Crippen LogP contribution in [-0.4, -0.2) is 28.9 Å². The van der Waals surface area contributed by atoms with Crippen molar-refractivity contribution in [3.05, 3.63) is 28.2 Å². The molecule has 0 aliphatic carbocycles. The van der Waals surface area contributed by atoms with Gasteiger partial charge in [0.15, 0.2) is 11.5 Å². The van der Waals surface area contributed by atoms with Crippen LogP contribution < -0.4 is 15.0 Å². The highest BCUT2D eigenvalue weighted by molar-refractivity contribution is 6.17. The summed E-state index contributed by atoms with van der Waals surface area (Å²) in [6.07, 6.45) is 0.712. The number of aryl methyl sites for hydroxylation is 2. The van der Waals surface area contributed by atoms with Crippen LogP contribution in [0.25, 0.3) is 10.8 Å². The maximum absolute atomic E-state index is 12.4. The Morgan fingerprint density at radius 2 is 1.90 bits per heavy atom. The van der Waals surface area contributed by atoms with Crippen molar-refractivity contribution in [2.24, 2.45) is 0 Å². The third-order valence-electron chi connectivity index (χ3n) is 3.31. The third-order valence-corrected chi connectivity index (χ3v) is 3.58. The van der Waals surface area contributed by atoms with E-state index >= 15 is 0 Å². The quantitative estimate of drug-likeness (QED) is 0.814. The molecular weight excluding hydrogens is 280 g/mol. The van der Waals surface area contributed by atoms with E-state index in [9.17, 15) is 4.79 Å². The Kier molecular flexibility index (Phi) is 3.53. The van der Waals surface area contributed by atoms with Gasteiger partial charge in [0.05, 0.1) is 11.1 Å². The number of benzene rings is 1. The fourth-order valence-corrected chi connectivity index (χ4v) is 2.47. The van der Waals surface area contributed by atoms with E-state index in [0.29, 0.717) is 48.9 Å². The minimum Gasteiger partial charge on any atom is -0.486 e. The van der Waals surface area contributed by atoms with Crippen molar-refractivity contribution in [3.8, 4) is 11.5 Å². The van der Waals surface area contributed by atoms with Gasteiger partial charge in [-0.3, -0.25) is 4.79 Å². The molecule has 5 nitrogen and oxygen atoms in total. The Balaban J connectivity index is 2.19. The molecule has 2 aromatic rings. The lowest BCUT2D eigenvalue weighted by Crippen LogP contribution is -2.25. The number of hydrogen-bond acceptors (Lipinski definition) is 4. The van der Waals surface area contributed by atoms with E-state index in [1.54, 1.807) is 6.07 Å². The first-order chi connectivity index (χ1) is 9.70. The van der Waals surface area contributed by atoms with Crippen LogP contribution in [0.1, 0.15) is 12.1 Å². The van der Waals surface area contributed by atoms with Crippen LogP contribution in [0.2, 0.25) is 0 Å². The fraction of sp³-hybridized carbons (Fsp3) is 0.429. The summed E-state index contributed by atoms with van der Waals surface area (Å²) < 4.78 is 12.5. The lowest BCUT2D eigenvalue weighted by atomic mass is 10.1. The molecule has 0 spiro atoms. The van der Waals surface area contributed by atoms with E-state index in [-0.39, 0.29) is 5.56 Å². The maximum atomic E-state index is 12.4. The molecule has 0 unspecified atom stereocenters. The zero-order valence-corrected chi connectivity index (χ0v) is 11.9. The average molecular weight is 295 g/mol. The van der Waals surface area contributed by atoms with Gasteiger partial charge in [0.2, 0.25) is 0 Å².